The number of hydrogen-bond donors (Lipinski definition) is 2. The summed E-state index contributed by atoms with van der Waals surface area (Å²) in [6.07, 6.45) is 1.05. The first kappa shape index (κ1) is 23.9. The maximum absolute atomic E-state index is 13.2. The fourth-order valence-corrected chi connectivity index (χ4v) is 5.07. The Labute approximate surface area is 188 Å². The Morgan fingerprint density at radius 2 is 1.81 bits per heavy atom. The second kappa shape index (κ2) is 10.2. The molecule has 9 heteroatoms. The molecule has 7 nitrogen and oxygen atoms in total. The van der Waals surface area contributed by atoms with Crippen molar-refractivity contribution in [3.05, 3.63) is 59.9 Å². The first-order chi connectivity index (χ1) is 15.2. The van der Waals surface area contributed by atoms with Crippen LogP contribution in [0.5, 0.6) is 0 Å². The van der Waals surface area contributed by atoms with Crippen LogP contribution >= 0.6 is 0 Å². The van der Waals surface area contributed by atoms with E-state index in [0.717, 1.165) is 12.1 Å². The van der Waals surface area contributed by atoms with Crippen LogP contribution in [-0.2, 0) is 14.8 Å². The summed E-state index contributed by atoms with van der Waals surface area (Å²) in [5.74, 6) is -1.41. The summed E-state index contributed by atoms with van der Waals surface area (Å²) in [4.78, 5) is 25.5. The van der Waals surface area contributed by atoms with E-state index in [2.05, 4.69) is 10.6 Å². The van der Waals surface area contributed by atoms with Crippen molar-refractivity contribution in [2.75, 3.05) is 25.0 Å². The van der Waals surface area contributed by atoms with Gasteiger partial charge in [-0.1, -0.05) is 26.0 Å². The molecule has 1 saturated heterocycles. The number of carbonyl (C=O) groups excluding carboxylic acids is 2. The maximum atomic E-state index is 13.2. The highest BCUT2D eigenvalue weighted by atomic mass is 32.2. The molecule has 3 rings (SSSR count). The third kappa shape index (κ3) is 5.72. The highest BCUT2D eigenvalue weighted by molar-refractivity contribution is 7.89. The van der Waals surface area contributed by atoms with Crippen molar-refractivity contribution in [1.82, 2.24) is 9.62 Å². The second-order valence-corrected chi connectivity index (χ2v) is 10.2. The van der Waals surface area contributed by atoms with Gasteiger partial charge in [-0.2, -0.15) is 4.31 Å². The number of benzene rings is 2. The summed E-state index contributed by atoms with van der Waals surface area (Å²) in [5.41, 5.74) is 0.741. The van der Waals surface area contributed by atoms with Crippen molar-refractivity contribution < 1.29 is 22.4 Å². The molecule has 1 atom stereocenters. The van der Waals surface area contributed by atoms with E-state index in [4.69, 9.17) is 0 Å². The van der Waals surface area contributed by atoms with E-state index in [-0.39, 0.29) is 35.7 Å². The van der Waals surface area contributed by atoms with Crippen molar-refractivity contribution >= 4 is 27.5 Å². The maximum Gasteiger partial charge on any atom is 0.253 e. The summed E-state index contributed by atoms with van der Waals surface area (Å²) < 4.78 is 40.3. The summed E-state index contributed by atoms with van der Waals surface area (Å²) >= 11 is 0. The number of para-hydroxylation sites is 1. The lowest BCUT2D eigenvalue weighted by Gasteiger charge is -2.31. The van der Waals surface area contributed by atoms with Gasteiger partial charge in [-0.3, -0.25) is 9.59 Å². The molecule has 172 valence electrons. The van der Waals surface area contributed by atoms with Gasteiger partial charge < -0.3 is 10.6 Å². The van der Waals surface area contributed by atoms with Gasteiger partial charge in [-0.05, 0) is 55.2 Å². The van der Waals surface area contributed by atoms with Gasteiger partial charge in [0.05, 0.1) is 22.1 Å². The third-order valence-electron chi connectivity index (χ3n) is 5.31. The highest BCUT2D eigenvalue weighted by Crippen LogP contribution is 2.25. The molecule has 0 spiro atoms. The minimum absolute atomic E-state index is 0.00729. The van der Waals surface area contributed by atoms with Crippen LogP contribution in [0.2, 0.25) is 0 Å². The van der Waals surface area contributed by atoms with Crippen LogP contribution in [0.15, 0.2) is 53.4 Å². The van der Waals surface area contributed by atoms with E-state index < -0.39 is 21.8 Å². The van der Waals surface area contributed by atoms with Crippen molar-refractivity contribution in [1.29, 1.82) is 0 Å². The van der Waals surface area contributed by atoms with Crippen LogP contribution in [-0.4, -0.2) is 44.2 Å². The summed E-state index contributed by atoms with van der Waals surface area (Å²) in [5, 5.41) is 5.63. The number of hydrogen-bond acceptors (Lipinski definition) is 4. The van der Waals surface area contributed by atoms with E-state index >= 15 is 0 Å². The smallest absolute Gasteiger partial charge is 0.253 e. The molecule has 2 N–H and O–H groups in total. The van der Waals surface area contributed by atoms with Crippen LogP contribution in [0.3, 0.4) is 0 Å². The molecule has 0 aromatic heterocycles. The number of piperidine rings is 1. The van der Waals surface area contributed by atoms with Gasteiger partial charge >= 0.3 is 0 Å². The van der Waals surface area contributed by atoms with Crippen molar-refractivity contribution in [2.24, 2.45) is 11.8 Å². The number of amides is 2. The van der Waals surface area contributed by atoms with Gasteiger partial charge in [0.1, 0.15) is 5.82 Å². The predicted molar refractivity (Wildman–Crippen MR) is 120 cm³/mol. The Bertz CT molecular complexity index is 1070. The Balaban J connectivity index is 1.71. The molecule has 0 radical (unpaired) electrons. The highest BCUT2D eigenvalue weighted by Gasteiger charge is 2.33. The fourth-order valence-electron chi connectivity index (χ4n) is 3.55. The van der Waals surface area contributed by atoms with E-state index in [9.17, 15) is 22.4 Å². The van der Waals surface area contributed by atoms with Gasteiger partial charge in [-0.25, -0.2) is 12.8 Å². The molecule has 1 aliphatic heterocycles. The minimum Gasteiger partial charge on any atom is -0.352 e. The van der Waals surface area contributed by atoms with E-state index in [1.165, 1.54) is 16.4 Å². The Morgan fingerprint density at radius 3 is 2.50 bits per heavy atom. The molecule has 0 aliphatic carbocycles. The molecule has 1 aliphatic rings. The Kier molecular flexibility index (Phi) is 7.63. The molecular formula is C23H28FN3O4S. The third-order valence-corrected chi connectivity index (χ3v) is 7.19. The largest absolute Gasteiger partial charge is 0.352 e. The summed E-state index contributed by atoms with van der Waals surface area (Å²) in [7, 11) is -3.83. The number of nitrogens with zero attached hydrogens (tertiary/aromatic N) is 1. The zero-order valence-electron chi connectivity index (χ0n) is 18.2. The van der Waals surface area contributed by atoms with Gasteiger partial charge in [0.2, 0.25) is 15.9 Å². The first-order valence-corrected chi connectivity index (χ1v) is 12.1. The van der Waals surface area contributed by atoms with Crippen molar-refractivity contribution in [3.8, 4) is 0 Å². The number of rotatable bonds is 7. The van der Waals surface area contributed by atoms with Crippen LogP contribution in [0, 0.1) is 17.7 Å². The fraction of sp³-hybridized carbons (Fsp3) is 0.391. The number of halogens is 1. The van der Waals surface area contributed by atoms with Crippen LogP contribution < -0.4 is 10.6 Å². The SMILES string of the molecule is CC(C)CNC(=O)c1ccccc1NC(=O)C1CCCN(S(=O)(=O)c2ccc(F)cc2)C1. The Hall–Kier alpha value is -2.78. The van der Waals surface area contributed by atoms with Gasteiger partial charge in [-0.15, -0.1) is 0 Å². The van der Waals surface area contributed by atoms with Crippen LogP contribution in [0.1, 0.15) is 37.0 Å². The molecule has 1 unspecified atom stereocenters. The molecule has 1 heterocycles. The number of carbonyl (C=O) groups is 2. The standard InChI is InChI=1S/C23H28FN3O4S/c1-16(2)14-25-23(29)20-7-3-4-8-21(20)26-22(28)17-6-5-13-27(15-17)32(30,31)19-11-9-18(24)10-12-19/h3-4,7-12,16-17H,5-6,13-15H2,1-2H3,(H,25,29)(H,26,28). The normalized spacial score (nSPS) is 17.2. The molecule has 2 amide bonds. The molecule has 2 aromatic carbocycles. The van der Waals surface area contributed by atoms with E-state index in [1.54, 1.807) is 24.3 Å². The van der Waals surface area contributed by atoms with Crippen LogP contribution in [0.25, 0.3) is 0 Å². The number of anilines is 1. The van der Waals surface area contributed by atoms with Crippen molar-refractivity contribution in [2.45, 2.75) is 31.6 Å². The van der Waals surface area contributed by atoms with E-state index in [0.29, 0.717) is 30.6 Å². The summed E-state index contributed by atoms with van der Waals surface area (Å²) in [6, 6.07) is 11.4. The topological polar surface area (TPSA) is 95.6 Å². The monoisotopic (exact) mass is 461 g/mol. The van der Waals surface area contributed by atoms with Gasteiger partial charge in [0.15, 0.2) is 0 Å². The predicted octanol–water partition coefficient (Wildman–Crippen LogP) is 3.25. The van der Waals surface area contributed by atoms with Gasteiger partial charge in [0, 0.05) is 19.6 Å². The molecular weight excluding hydrogens is 433 g/mol. The van der Waals surface area contributed by atoms with E-state index in [1.807, 2.05) is 13.8 Å². The molecule has 0 bridgehead atoms. The van der Waals surface area contributed by atoms with Crippen LogP contribution in [0.4, 0.5) is 10.1 Å². The average Bonchev–Trinajstić information content (AvgIpc) is 2.78. The zero-order valence-corrected chi connectivity index (χ0v) is 19.0. The summed E-state index contributed by atoms with van der Waals surface area (Å²) in [6.45, 7) is 4.80. The molecule has 1 fully saturated rings. The number of sulfonamides is 1. The second-order valence-electron chi connectivity index (χ2n) is 8.29. The Morgan fingerprint density at radius 1 is 1.12 bits per heavy atom. The molecule has 32 heavy (non-hydrogen) atoms. The average molecular weight is 462 g/mol. The van der Waals surface area contributed by atoms with Crippen molar-refractivity contribution in [3.63, 3.8) is 0 Å². The zero-order chi connectivity index (χ0) is 23.3. The lowest BCUT2D eigenvalue weighted by Crippen LogP contribution is -2.43. The van der Waals surface area contributed by atoms with Gasteiger partial charge in [0.25, 0.3) is 5.91 Å². The lowest BCUT2D eigenvalue weighted by molar-refractivity contribution is -0.120. The molecule has 2 aromatic rings. The lowest BCUT2D eigenvalue weighted by atomic mass is 9.98. The first-order valence-electron chi connectivity index (χ1n) is 10.6. The molecule has 0 saturated carbocycles. The number of nitrogens with one attached hydrogen (secondary N) is 2. The minimum atomic E-state index is -3.83. The quantitative estimate of drug-likeness (QED) is 0.662.